The van der Waals surface area contributed by atoms with Crippen molar-refractivity contribution in [3.8, 4) is 12.3 Å². The molecule has 1 aliphatic carbocycles. The lowest BCUT2D eigenvalue weighted by molar-refractivity contribution is -0.160. The lowest BCUT2D eigenvalue weighted by Crippen LogP contribution is -2.44. The zero-order valence-electron chi connectivity index (χ0n) is 6.85. The Bertz CT molecular complexity index is 239. The van der Waals surface area contributed by atoms with E-state index in [-0.39, 0.29) is 6.61 Å². The highest BCUT2D eigenvalue weighted by molar-refractivity contribution is 5.78. The highest BCUT2D eigenvalue weighted by Crippen LogP contribution is 2.42. The van der Waals surface area contributed by atoms with Gasteiger partial charge in [0.1, 0.15) is 6.61 Å². The van der Waals surface area contributed by atoms with E-state index in [9.17, 15) is 13.6 Å². The van der Waals surface area contributed by atoms with Crippen LogP contribution in [0, 0.1) is 18.3 Å². The number of carbonyl (C=O) groups is 1. The first-order valence-corrected chi connectivity index (χ1v) is 3.78. The van der Waals surface area contributed by atoms with Crippen LogP contribution in [0.25, 0.3) is 0 Å². The van der Waals surface area contributed by atoms with Crippen LogP contribution in [0.1, 0.15) is 12.8 Å². The molecule has 1 rings (SSSR count). The molecule has 0 heterocycles. The third-order valence-corrected chi connectivity index (χ3v) is 1.79. The van der Waals surface area contributed by atoms with Crippen molar-refractivity contribution in [1.29, 1.82) is 0 Å². The molecule has 1 fully saturated rings. The van der Waals surface area contributed by atoms with E-state index in [0.29, 0.717) is 0 Å². The van der Waals surface area contributed by atoms with Gasteiger partial charge in [0.05, 0.1) is 5.92 Å². The first-order chi connectivity index (χ1) is 6.05. The Morgan fingerprint density at radius 2 is 2.31 bits per heavy atom. The van der Waals surface area contributed by atoms with Crippen LogP contribution in [0.3, 0.4) is 0 Å². The molecule has 72 valence electrons. The SMILES string of the molecule is C#CCONC(=O)C1CC(F)(F)C1. The molecule has 0 bridgehead atoms. The molecule has 13 heavy (non-hydrogen) atoms. The van der Waals surface area contributed by atoms with Crippen molar-refractivity contribution in [2.24, 2.45) is 5.92 Å². The molecule has 1 saturated carbocycles. The van der Waals surface area contributed by atoms with E-state index in [2.05, 4.69) is 10.8 Å². The maximum atomic E-state index is 12.3. The van der Waals surface area contributed by atoms with Crippen molar-refractivity contribution >= 4 is 5.91 Å². The summed E-state index contributed by atoms with van der Waals surface area (Å²) in [5.41, 5.74) is 2.01. The molecular formula is C8H9F2NO2. The zero-order valence-corrected chi connectivity index (χ0v) is 6.85. The van der Waals surface area contributed by atoms with Gasteiger partial charge >= 0.3 is 0 Å². The molecule has 1 amide bonds. The highest BCUT2D eigenvalue weighted by atomic mass is 19.3. The van der Waals surface area contributed by atoms with Crippen molar-refractivity contribution in [2.45, 2.75) is 18.8 Å². The summed E-state index contributed by atoms with van der Waals surface area (Å²) in [6, 6.07) is 0. The third-order valence-electron chi connectivity index (χ3n) is 1.79. The van der Waals surface area contributed by atoms with Crippen LogP contribution in [-0.2, 0) is 9.63 Å². The predicted molar refractivity (Wildman–Crippen MR) is 40.6 cm³/mol. The average Bonchev–Trinajstić information content (AvgIpc) is 2.00. The largest absolute Gasteiger partial charge is 0.272 e. The Kier molecular flexibility index (Phi) is 2.83. The number of rotatable bonds is 3. The number of hydroxylamine groups is 1. The molecule has 0 atom stereocenters. The number of hydrogen-bond acceptors (Lipinski definition) is 2. The van der Waals surface area contributed by atoms with E-state index in [4.69, 9.17) is 6.42 Å². The molecule has 5 heteroatoms. The molecule has 0 aromatic carbocycles. The van der Waals surface area contributed by atoms with Gasteiger partial charge in [0.15, 0.2) is 0 Å². The first kappa shape index (κ1) is 9.93. The van der Waals surface area contributed by atoms with Crippen molar-refractivity contribution < 1.29 is 18.4 Å². The second-order valence-corrected chi connectivity index (χ2v) is 2.92. The minimum Gasteiger partial charge on any atom is -0.272 e. The number of terminal acetylenes is 1. The number of carbonyl (C=O) groups excluding carboxylic acids is 1. The minimum atomic E-state index is -2.69. The van der Waals surface area contributed by atoms with E-state index >= 15 is 0 Å². The molecule has 0 unspecified atom stereocenters. The van der Waals surface area contributed by atoms with E-state index in [1.54, 1.807) is 0 Å². The molecule has 0 radical (unpaired) electrons. The maximum Gasteiger partial charge on any atom is 0.249 e. The topological polar surface area (TPSA) is 38.3 Å². The average molecular weight is 189 g/mol. The predicted octanol–water partition coefficient (Wildman–Crippen LogP) is 0.713. The molecule has 0 saturated heterocycles. The molecule has 0 spiro atoms. The van der Waals surface area contributed by atoms with Crippen molar-refractivity contribution in [3.05, 3.63) is 0 Å². The second-order valence-electron chi connectivity index (χ2n) is 2.92. The molecule has 1 N–H and O–H groups in total. The summed E-state index contributed by atoms with van der Waals surface area (Å²) in [6.45, 7) is -0.0607. The fourth-order valence-corrected chi connectivity index (χ4v) is 1.08. The van der Waals surface area contributed by atoms with Gasteiger partial charge in [-0.05, 0) is 0 Å². The summed E-state index contributed by atoms with van der Waals surface area (Å²) in [7, 11) is 0. The standard InChI is InChI=1S/C8H9F2NO2/c1-2-3-13-11-7(12)6-4-8(9,10)5-6/h1,6H,3-5H2,(H,11,12). The summed E-state index contributed by atoms with van der Waals surface area (Å²) in [4.78, 5) is 15.4. The van der Waals surface area contributed by atoms with Gasteiger partial charge in [-0.2, -0.15) is 0 Å². The van der Waals surface area contributed by atoms with Crippen molar-refractivity contribution in [3.63, 3.8) is 0 Å². The molecule has 0 aliphatic heterocycles. The number of halogens is 2. The zero-order chi connectivity index (χ0) is 9.90. The summed E-state index contributed by atoms with van der Waals surface area (Å²) >= 11 is 0. The molecule has 3 nitrogen and oxygen atoms in total. The van der Waals surface area contributed by atoms with Gasteiger partial charge < -0.3 is 0 Å². The molecule has 0 aromatic heterocycles. The fourth-order valence-electron chi connectivity index (χ4n) is 1.08. The Labute approximate surface area is 74.4 Å². The monoisotopic (exact) mass is 189 g/mol. The molecular weight excluding hydrogens is 180 g/mol. The number of amides is 1. The van der Waals surface area contributed by atoms with Gasteiger partial charge in [-0.1, -0.05) is 5.92 Å². The number of nitrogens with one attached hydrogen (secondary N) is 1. The Balaban J connectivity index is 2.17. The maximum absolute atomic E-state index is 12.3. The smallest absolute Gasteiger partial charge is 0.249 e. The van der Waals surface area contributed by atoms with Crippen LogP contribution in [0.4, 0.5) is 8.78 Å². The van der Waals surface area contributed by atoms with Crippen LogP contribution in [0.15, 0.2) is 0 Å². The van der Waals surface area contributed by atoms with Gasteiger partial charge in [-0.15, -0.1) is 6.42 Å². The Morgan fingerprint density at radius 3 is 2.77 bits per heavy atom. The van der Waals surface area contributed by atoms with Crippen LogP contribution in [0.5, 0.6) is 0 Å². The van der Waals surface area contributed by atoms with Crippen LogP contribution >= 0.6 is 0 Å². The van der Waals surface area contributed by atoms with Gasteiger partial charge in [-0.25, -0.2) is 14.3 Å². The van der Waals surface area contributed by atoms with Gasteiger partial charge in [0.25, 0.3) is 0 Å². The normalized spacial score (nSPS) is 20.1. The second kappa shape index (κ2) is 3.71. The highest BCUT2D eigenvalue weighted by Gasteiger charge is 2.48. The van der Waals surface area contributed by atoms with Crippen molar-refractivity contribution in [1.82, 2.24) is 5.48 Å². The first-order valence-electron chi connectivity index (χ1n) is 3.78. The minimum absolute atomic E-state index is 0.0607. The quantitative estimate of drug-likeness (QED) is 0.403. The van der Waals surface area contributed by atoms with E-state index in [1.807, 2.05) is 5.48 Å². The van der Waals surface area contributed by atoms with Crippen LogP contribution in [-0.4, -0.2) is 18.4 Å². The number of alkyl halides is 2. The number of hydrogen-bond donors (Lipinski definition) is 1. The fraction of sp³-hybridized carbons (Fsp3) is 0.625. The van der Waals surface area contributed by atoms with Crippen LogP contribution < -0.4 is 5.48 Å². The van der Waals surface area contributed by atoms with Gasteiger partial charge in [0.2, 0.25) is 11.8 Å². The Hall–Kier alpha value is -1.15. The van der Waals surface area contributed by atoms with E-state index in [1.165, 1.54) is 0 Å². The third kappa shape index (κ3) is 2.67. The summed E-state index contributed by atoms with van der Waals surface area (Å²) in [5, 5.41) is 0. The van der Waals surface area contributed by atoms with Gasteiger partial charge in [-0.3, -0.25) is 9.63 Å². The molecule has 0 aromatic rings. The summed E-state index contributed by atoms with van der Waals surface area (Å²) in [5.74, 6) is -1.73. The van der Waals surface area contributed by atoms with Gasteiger partial charge in [0, 0.05) is 12.8 Å². The summed E-state index contributed by atoms with van der Waals surface area (Å²) < 4.78 is 24.6. The molecule has 1 aliphatic rings. The lowest BCUT2D eigenvalue weighted by Gasteiger charge is -2.33. The van der Waals surface area contributed by atoms with Crippen LogP contribution in [0.2, 0.25) is 0 Å². The summed E-state index contributed by atoms with van der Waals surface area (Å²) in [6.07, 6.45) is 4.03. The van der Waals surface area contributed by atoms with E-state index < -0.39 is 30.6 Å². The lowest BCUT2D eigenvalue weighted by atomic mass is 9.81. The Morgan fingerprint density at radius 1 is 1.69 bits per heavy atom. The van der Waals surface area contributed by atoms with E-state index in [0.717, 1.165) is 0 Å². The van der Waals surface area contributed by atoms with Crippen molar-refractivity contribution in [2.75, 3.05) is 6.61 Å².